The molecule has 0 spiro atoms. The van der Waals surface area contributed by atoms with E-state index in [9.17, 15) is 9.59 Å². The summed E-state index contributed by atoms with van der Waals surface area (Å²) in [6.45, 7) is 3.86. The van der Waals surface area contributed by atoms with Gasteiger partial charge >= 0.3 is 5.97 Å². The number of benzene rings is 1. The summed E-state index contributed by atoms with van der Waals surface area (Å²) in [5.41, 5.74) is 0.694. The fourth-order valence-electron chi connectivity index (χ4n) is 1.39. The molecule has 20 heavy (non-hydrogen) atoms. The summed E-state index contributed by atoms with van der Waals surface area (Å²) in [4.78, 5) is 23.1. The molecule has 1 atom stereocenters. The number of carbonyl (C=O) groups is 2. The summed E-state index contributed by atoms with van der Waals surface area (Å²) >= 11 is 1.25. The Morgan fingerprint density at radius 3 is 2.50 bits per heavy atom. The molecule has 0 saturated carbocycles. The van der Waals surface area contributed by atoms with Gasteiger partial charge in [-0.3, -0.25) is 9.59 Å². The quantitative estimate of drug-likeness (QED) is 0.782. The molecule has 0 bridgehead atoms. The van der Waals surface area contributed by atoms with Crippen molar-refractivity contribution in [2.75, 3.05) is 24.8 Å². The molecule has 0 aliphatic rings. The van der Waals surface area contributed by atoms with Crippen LogP contribution in [-0.2, 0) is 14.3 Å². The molecule has 1 unspecified atom stereocenters. The Bertz CT molecular complexity index is 447. The lowest BCUT2D eigenvalue weighted by Crippen LogP contribution is -2.24. The van der Waals surface area contributed by atoms with Crippen LogP contribution in [0.3, 0.4) is 0 Å². The lowest BCUT2D eigenvalue weighted by Gasteiger charge is -2.12. The Morgan fingerprint density at radius 1 is 1.30 bits per heavy atom. The van der Waals surface area contributed by atoms with Gasteiger partial charge in [0.1, 0.15) is 5.75 Å². The van der Waals surface area contributed by atoms with Crippen LogP contribution in [0.25, 0.3) is 0 Å². The van der Waals surface area contributed by atoms with Gasteiger partial charge in [-0.05, 0) is 38.1 Å². The summed E-state index contributed by atoms with van der Waals surface area (Å²) in [7, 11) is 1.59. The number of esters is 1. The molecule has 110 valence electrons. The van der Waals surface area contributed by atoms with Crippen LogP contribution in [-0.4, -0.2) is 36.6 Å². The Balaban J connectivity index is 2.42. The van der Waals surface area contributed by atoms with E-state index in [1.807, 2.05) is 0 Å². The summed E-state index contributed by atoms with van der Waals surface area (Å²) < 4.78 is 9.85. The van der Waals surface area contributed by atoms with E-state index < -0.39 is 0 Å². The number of rotatable bonds is 7. The molecule has 0 radical (unpaired) electrons. The average molecular weight is 297 g/mol. The Labute approximate surface area is 123 Å². The first-order valence-corrected chi connectivity index (χ1v) is 7.33. The highest BCUT2D eigenvalue weighted by Gasteiger charge is 2.15. The minimum Gasteiger partial charge on any atom is -0.497 e. The molecule has 5 nitrogen and oxygen atoms in total. The van der Waals surface area contributed by atoms with Gasteiger partial charge in [0.05, 0.1) is 24.7 Å². The molecule has 1 aromatic carbocycles. The van der Waals surface area contributed by atoms with Crippen LogP contribution < -0.4 is 10.1 Å². The van der Waals surface area contributed by atoms with Gasteiger partial charge in [0.15, 0.2) is 0 Å². The molecule has 1 N–H and O–H groups in total. The van der Waals surface area contributed by atoms with E-state index in [0.29, 0.717) is 12.3 Å². The molecule has 0 aliphatic heterocycles. The summed E-state index contributed by atoms with van der Waals surface area (Å²) in [6.07, 6.45) is 0. The van der Waals surface area contributed by atoms with Gasteiger partial charge in [-0.2, -0.15) is 0 Å². The first-order chi connectivity index (χ1) is 9.56. The Morgan fingerprint density at radius 2 is 1.95 bits per heavy atom. The zero-order chi connectivity index (χ0) is 15.0. The van der Waals surface area contributed by atoms with Crippen molar-refractivity contribution >= 4 is 29.3 Å². The van der Waals surface area contributed by atoms with Crippen LogP contribution >= 0.6 is 11.8 Å². The fraction of sp³-hybridized carbons (Fsp3) is 0.429. The van der Waals surface area contributed by atoms with Crippen LogP contribution in [0.2, 0.25) is 0 Å². The van der Waals surface area contributed by atoms with E-state index in [-0.39, 0.29) is 22.9 Å². The fourth-order valence-corrected chi connectivity index (χ4v) is 2.07. The molecule has 1 aromatic rings. The average Bonchev–Trinajstić information content (AvgIpc) is 2.45. The molecule has 1 amide bonds. The van der Waals surface area contributed by atoms with Crippen molar-refractivity contribution in [3.63, 3.8) is 0 Å². The molecule has 0 heterocycles. The van der Waals surface area contributed by atoms with Gasteiger partial charge in [-0.1, -0.05) is 0 Å². The van der Waals surface area contributed by atoms with Crippen molar-refractivity contribution in [3.8, 4) is 5.75 Å². The van der Waals surface area contributed by atoms with Crippen LogP contribution in [0.1, 0.15) is 13.8 Å². The zero-order valence-electron chi connectivity index (χ0n) is 11.8. The van der Waals surface area contributed by atoms with E-state index >= 15 is 0 Å². The van der Waals surface area contributed by atoms with Crippen molar-refractivity contribution in [1.82, 2.24) is 0 Å². The Hall–Kier alpha value is -1.69. The minimum atomic E-state index is -0.332. The molecule has 0 aliphatic carbocycles. The molecule has 0 fully saturated rings. The van der Waals surface area contributed by atoms with E-state index in [1.54, 1.807) is 45.2 Å². The second kappa shape index (κ2) is 8.47. The normalized spacial score (nSPS) is 11.6. The minimum absolute atomic E-state index is 0.149. The third kappa shape index (κ3) is 5.52. The second-order valence-electron chi connectivity index (χ2n) is 3.98. The maximum atomic E-state index is 11.9. The van der Waals surface area contributed by atoms with Crippen molar-refractivity contribution in [3.05, 3.63) is 24.3 Å². The number of amides is 1. The number of hydrogen-bond donors (Lipinski definition) is 1. The molecule has 6 heteroatoms. The van der Waals surface area contributed by atoms with Gasteiger partial charge in [0.25, 0.3) is 0 Å². The van der Waals surface area contributed by atoms with Crippen LogP contribution in [0.15, 0.2) is 24.3 Å². The van der Waals surface area contributed by atoms with E-state index in [4.69, 9.17) is 9.47 Å². The van der Waals surface area contributed by atoms with E-state index in [1.165, 1.54) is 11.8 Å². The zero-order valence-corrected chi connectivity index (χ0v) is 12.7. The number of hydrogen-bond acceptors (Lipinski definition) is 5. The SMILES string of the molecule is CCOC(=O)CSC(C)C(=O)Nc1ccc(OC)cc1. The van der Waals surface area contributed by atoms with Crippen molar-refractivity contribution < 1.29 is 19.1 Å². The van der Waals surface area contributed by atoms with E-state index in [0.717, 1.165) is 5.75 Å². The number of carbonyl (C=O) groups excluding carboxylic acids is 2. The molecular weight excluding hydrogens is 278 g/mol. The molecule has 1 rings (SSSR count). The van der Waals surface area contributed by atoms with Gasteiger partial charge in [0.2, 0.25) is 5.91 Å². The number of anilines is 1. The van der Waals surface area contributed by atoms with Crippen LogP contribution in [0.5, 0.6) is 5.75 Å². The second-order valence-corrected chi connectivity index (χ2v) is 5.31. The smallest absolute Gasteiger partial charge is 0.315 e. The third-order valence-electron chi connectivity index (χ3n) is 2.48. The largest absolute Gasteiger partial charge is 0.497 e. The predicted octanol–water partition coefficient (Wildman–Crippen LogP) is 2.32. The summed E-state index contributed by atoms with van der Waals surface area (Å²) in [5, 5.41) is 2.45. The lowest BCUT2D eigenvalue weighted by molar-refractivity contribution is -0.139. The predicted molar refractivity (Wildman–Crippen MR) is 80.2 cm³/mol. The highest BCUT2D eigenvalue weighted by atomic mass is 32.2. The number of thioether (sulfide) groups is 1. The maximum absolute atomic E-state index is 11.9. The monoisotopic (exact) mass is 297 g/mol. The van der Waals surface area contributed by atoms with Crippen molar-refractivity contribution in [2.24, 2.45) is 0 Å². The van der Waals surface area contributed by atoms with Gasteiger partial charge < -0.3 is 14.8 Å². The third-order valence-corrected chi connectivity index (χ3v) is 3.60. The highest BCUT2D eigenvalue weighted by Crippen LogP contribution is 2.17. The van der Waals surface area contributed by atoms with Gasteiger partial charge in [0, 0.05) is 5.69 Å². The van der Waals surface area contributed by atoms with Crippen molar-refractivity contribution in [2.45, 2.75) is 19.1 Å². The van der Waals surface area contributed by atoms with Crippen molar-refractivity contribution in [1.29, 1.82) is 0 Å². The van der Waals surface area contributed by atoms with Crippen LogP contribution in [0.4, 0.5) is 5.69 Å². The molecule has 0 saturated heterocycles. The maximum Gasteiger partial charge on any atom is 0.315 e. The van der Waals surface area contributed by atoms with Crippen LogP contribution in [0, 0.1) is 0 Å². The highest BCUT2D eigenvalue weighted by molar-refractivity contribution is 8.01. The summed E-state index contributed by atoms with van der Waals surface area (Å²) in [6, 6.07) is 7.07. The molecular formula is C14H19NO4S. The first-order valence-electron chi connectivity index (χ1n) is 6.29. The number of methoxy groups -OCH3 is 1. The standard InChI is InChI=1S/C14H19NO4S/c1-4-19-13(16)9-20-10(2)14(17)15-11-5-7-12(18-3)8-6-11/h5-8,10H,4,9H2,1-3H3,(H,15,17). The topological polar surface area (TPSA) is 64.6 Å². The van der Waals surface area contributed by atoms with E-state index in [2.05, 4.69) is 5.32 Å². The molecule has 0 aromatic heterocycles. The van der Waals surface area contributed by atoms with Gasteiger partial charge in [-0.15, -0.1) is 11.8 Å². The summed E-state index contributed by atoms with van der Waals surface area (Å²) in [5.74, 6) is 0.448. The number of ether oxygens (including phenoxy) is 2. The number of nitrogens with one attached hydrogen (secondary N) is 1. The van der Waals surface area contributed by atoms with Gasteiger partial charge in [-0.25, -0.2) is 0 Å². The lowest BCUT2D eigenvalue weighted by atomic mass is 10.3. The Kier molecular flexibility index (Phi) is 6.93. The first kappa shape index (κ1) is 16.4.